The van der Waals surface area contributed by atoms with Gasteiger partial charge < -0.3 is 20.1 Å². The monoisotopic (exact) mass is 430 g/mol. The number of aliphatic carboxylic acids is 1. The van der Waals surface area contributed by atoms with Crippen LogP contribution in [0.4, 0.5) is 0 Å². The van der Waals surface area contributed by atoms with Crippen LogP contribution in [0.1, 0.15) is 59.3 Å². The van der Waals surface area contributed by atoms with E-state index < -0.39 is 35.3 Å². The minimum Gasteiger partial charge on any atom is -0.481 e. The molecule has 0 aromatic heterocycles. The molecule has 3 fully saturated rings. The smallest absolute Gasteiger partial charge is 0.306 e. The average molecular weight is 430 g/mol. The van der Waals surface area contributed by atoms with Crippen molar-refractivity contribution in [1.82, 2.24) is 0 Å². The average Bonchev–Trinajstić information content (AvgIpc) is 3.48. The summed E-state index contributed by atoms with van der Waals surface area (Å²) in [5, 5.41) is 31.1. The second-order valence-electron chi connectivity index (χ2n) is 10.7. The molecule has 1 heterocycles. The Balaban J connectivity index is 1.49. The molecule has 5 rings (SSSR count). The Hall–Kier alpha value is -1.99. The molecule has 0 saturated heterocycles. The van der Waals surface area contributed by atoms with Gasteiger partial charge in [-0.05, 0) is 68.8 Å². The van der Waals surface area contributed by atoms with E-state index in [4.69, 9.17) is 9.84 Å². The summed E-state index contributed by atoms with van der Waals surface area (Å²) >= 11 is 0. The molecule has 0 radical (unpaired) electrons. The van der Waals surface area contributed by atoms with E-state index in [0.717, 1.165) is 30.6 Å². The third-order valence-electron chi connectivity index (χ3n) is 9.59. The predicted molar refractivity (Wildman–Crippen MR) is 108 cm³/mol. The van der Waals surface area contributed by atoms with E-state index in [2.05, 4.69) is 6.92 Å². The first-order valence-corrected chi connectivity index (χ1v) is 11.3. The van der Waals surface area contributed by atoms with Gasteiger partial charge in [0.05, 0.1) is 11.8 Å². The molecule has 4 aliphatic carbocycles. The summed E-state index contributed by atoms with van der Waals surface area (Å²) in [6.45, 7) is 5.95. The Bertz CT molecular complexity index is 963. The molecule has 3 saturated carbocycles. The molecule has 3 N–H and O–H groups in total. The quantitative estimate of drug-likeness (QED) is 0.625. The number of carbonyl (C=O) groups is 3. The van der Waals surface area contributed by atoms with Crippen LogP contribution < -0.4 is 0 Å². The summed E-state index contributed by atoms with van der Waals surface area (Å²) in [5.74, 6) is -0.539. The highest BCUT2D eigenvalue weighted by molar-refractivity contribution is 6.07. The number of hydrogen-bond donors (Lipinski definition) is 3. The number of ether oxygens (including phenoxy) is 1. The first-order valence-electron chi connectivity index (χ1n) is 11.3. The molecule has 0 bridgehead atoms. The van der Waals surface area contributed by atoms with Gasteiger partial charge in [-0.25, -0.2) is 0 Å². The fourth-order valence-corrected chi connectivity index (χ4v) is 7.95. The van der Waals surface area contributed by atoms with Crippen molar-refractivity contribution in [2.75, 3.05) is 0 Å². The van der Waals surface area contributed by atoms with Crippen LogP contribution in [0.25, 0.3) is 0 Å². The summed E-state index contributed by atoms with van der Waals surface area (Å²) in [5.41, 5.74) is -1.65. The molecule has 7 heteroatoms. The number of ketones is 2. The van der Waals surface area contributed by atoms with E-state index in [1.54, 1.807) is 6.08 Å². The summed E-state index contributed by atoms with van der Waals surface area (Å²) in [6.07, 6.45) is 3.04. The van der Waals surface area contributed by atoms with Crippen molar-refractivity contribution in [2.45, 2.75) is 71.0 Å². The first kappa shape index (κ1) is 20.9. The van der Waals surface area contributed by atoms with Gasteiger partial charge in [-0.1, -0.05) is 19.4 Å². The molecule has 0 aromatic rings. The third kappa shape index (κ3) is 2.45. The van der Waals surface area contributed by atoms with E-state index in [1.807, 2.05) is 13.8 Å². The number of carbonyl (C=O) groups excluding carboxylic acids is 2. The number of hydrogen-bond acceptors (Lipinski definition) is 6. The molecule has 31 heavy (non-hydrogen) atoms. The zero-order valence-corrected chi connectivity index (χ0v) is 18.2. The number of fused-ring (bicyclic) bond motifs is 6. The van der Waals surface area contributed by atoms with Crippen LogP contribution in [0.15, 0.2) is 23.2 Å². The number of carboxylic acid groups (broad SMARTS) is 1. The van der Waals surface area contributed by atoms with Crippen molar-refractivity contribution in [3.05, 3.63) is 23.2 Å². The number of rotatable bonds is 4. The highest BCUT2D eigenvalue weighted by Gasteiger charge is 2.70. The van der Waals surface area contributed by atoms with Crippen molar-refractivity contribution in [3.8, 4) is 0 Å². The minimum absolute atomic E-state index is 0.0385. The number of allylic oxidation sites excluding steroid dienone is 2. The minimum atomic E-state index is -1.75. The Morgan fingerprint density at radius 3 is 2.65 bits per heavy atom. The van der Waals surface area contributed by atoms with Gasteiger partial charge in [0.2, 0.25) is 11.5 Å². The molecule has 8 atom stereocenters. The van der Waals surface area contributed by atoms with Crippen molar-refractivity contribution in [1.29, 1.82) is 0 Å². The fraction of sp³-hybridized carbons (Fsp3) is 0.708. The lowest BCUT2D eigenvalue weighted by Gasteiger charge is -2.57. The Kier molecular flexibility index (Phi) is 4.24. The van der Waals surface area contributed by atoms with Crippen LogP contribution in [0.3, 0.4) is 0 Å². The number of Topliss-reactive ketones (excluding diaryl/α,β-unsaturated/α-hetero) is 1. The van der Waals surface area contributed by atoms with Crippen LogP contribution in [-0.4, -0.2) is 44.6 Å². The van der Waals surface area contributed by atoms with E-state index >= 15 is 0 Å². The summed E-state index contributed by atoms with van der Waals surface area (Å²) < 4.78 is 5.66. The van der Waals surface area contributed by atoms with Crippen LogP contribution in [0.5, 0.6) is 0 Å². The normalized spacial score (nSPS) is 46.1. The highest BCUT2D eigenvalue weighted by Crippen LogP contribution is 2.71. The van der Waals surface area contributed by atoms with Crippen LogP contribution in [-0.2, 0) is 19.1 Å². The van der Waals surface area contributed by atoms with Crippen molar-refractivity contribution in [2.24, 2.45) is 34.5 Å². The maximum absolute atomic E-state index is 13.2. The molecular weight excluding hydrogens is 400 g/mol. The summed E-state index contributed by atoms with van der Waals surface area (Å²) in [7, 11) is 0. The lowest BCUT2D eigenvalue weighted by Crippen LogP contribution is -2.61. The molecular formula is C24H30O7. The first-order chi connectivity index (χ1) is 14.5. The zero-order chi connectivity index (χ0) is 22.5. The second-order valence-corrected chi connectivity index (χ2v) is 10.7. The summed E-state index contributed by atoms with van der Waals surface area (Å²) in [6, 6.07) is 0. The van der Waals surface area contributed by atoms with E-state index in [9.17, 15) is 24.6 Å². The molecule has 1 aliphatic heterocycles. The van der Waals surface area contributed by atoms with Gasteiger partial charge in [-0.3, -0.25) is 14.4 Å². The van der Waals surface area contributed by atoms with Gasteiger partial charge in [-0.2, -0.15) is 0 Å². The third-order valence-corrected chi connectivity index (χ3v) is 9.59. The number of carboxylic acids is 1. The van der Waals surface area contributed by atoms with Gasteiger partial charge >= 0.3 is 5.97 Å². The van der Waals surface area contributed by atoms with Crippen LogP contribution in [0.2, 0.25) is 0 Å². The zero-order valence-electron chi connectivity index (χ0n) is 18.2. The lowest BCUT2D eigenvalue weighted by atomic mass is 9.47. The van der Waals surface area contributed by atoms with Crippen LogP contribution in [0, 0.1) is 34.5 Å². The van der Waals surface area contributed by atoms with Gasteiger partial charge in [0, 0.05) is 5.41 Å². The predicted octanol–water partition coefficient (Wildman–Crippen LogP) is 2.36. The number of aliphatic hydroxyl groups is 2. The topological polar surface area (TPSA) is 124 Å². The van der Waals surface area contributed by atoms with Gasteiger partial charge in [0.15, 0.2) is 11.5 Å². The Labute approximate surface area is 181 Å². The fourth-order valence-electron chi connectivity index (χ4n) is 7.95. The molecule has 0 amide bonds. The molecule has 0 spiro atoms. The molecule has 0 aromatic carbocycles. The van der Waals surface area contributed by atoms with E-state index in [0.29, 0.717) is 18.6 Å². The maximum Gasteiger partial charge on any atom is 0.306 e. The molecule has 5 aliphatic rings. The van der Waals surface area contributed by atoms with Crippen molar-refractivity contribution in [3.63, 3.8) is 0 Å². The van der Waals surface area contributed by atoms with Crippen LogP contribution >= 0.6 is 0 Å². The SMILES string of the molecule is C[C@@H]1C[C@H]2[C@@H]3CCC4=CC(=O)C5=C(O5)[C@]4(C)[C@H]3CC[C@]2(C)[C@@]1(O)C(=O)C(O)CC(=O)O. The summed E-state index contributed by atoms with van der Waals surface area (Å²) in [4.78, 5) is 36.4. The maximum atomic E-state index is 13.2. The molecule has 7 nitrogen and oxygen atoms in total. The van der Waals surface area contributed by atoms with Gasteiger partial charge in [0.25, 0.3) is 0 Å². The van der Waals surface area contributed by atoms with Crippen molar-refractivity contribution >= 4 is 17.5 Å². The lowest BCUT2D eigenvalue weighted by molar-refractivity contribution is -0.176. The van der Waals surface area contributed by atoms with E-state index in [1.165, 1.54) is 0 Å². The van der Waals surface area contributed by atoms with E-state index in [-0.39, 0.29) is 34.9 Å². The largest absolute Gasteiger partial charge is 0.481 e. The highest BCUT2D eigenvalue weighted by atomic mass is 16.6. The molecule has 1 unspecified atom stereocenters. The standard InChI is InChI=1S/C24H30O7/c1-11-8-15-13-5-4-12-9-16(25)19-21(31-19)23(12,3)14(13)6-7-22(15,2)24(11,30)20(29)17(26)10-18(27)28/h9,11,13-15,17,26,30H,4-8,10H2,1-3H3,(H,27,28)/t11-,13-,14+,15+,17?,22+,23+,24+/m1/s1. The Morgan fingerprint density at radius 1 is 1.26 bits per heavy atom. The van der Waals surface area contributed by atoms with Gasteiger partial charge in [0.1, 0.15) is 11.7 Å². The number of aliphatic hydroxyl groups excluding tert-OH is 1. The second kappa shape index (κ2) is 6.29. The molecule has 168 valence electrons. The Morgan fingerprint density at radius 2 is 1.97 bits per heavy atom. The van der Waals surface area contributed by atoms with Crippen molar-refractivity contribution < 1.29 is 34.4 Å². The van der Waals surface area contributed by atoms with Gasteiger partial charge in [-0.15, -0.1) is 0 Å².